The van der Waals surface area contributed by atoms with Gasteiger partial charge < -0.3 is 10.6 Å². The third-order valence-electron chi connectivity index (χ3n) is 3.29. The first-order valence-electron chi connectivity index (χ1n) is 6.95. The number of nitro benzene ring substituents is 1. The molecule has 0 radical (unpaired) electrons. The lowest BCUT2D eigenvalue weighted by molar-refractivity contribution is -0.384. The van der Waals surface area contributed by atoms with Crippen molar-refractivity contribution in [1.82, 2.24) is 0 Å². The van der Waals surface area contributed by atoms with Gasteiger partial charge in [0.1, 0.15) is 11.9 Å². The standard InChI is InChI=1S/C16H16FN3O3/c1-10-3-4-13(9-15(10)17)18-11(2)16(21)19-12-5-7-14(8-6-12)20(22)23/h3-9,11,18H,1-2H3,(H,19,21). The minimum Gasteiger partial charge on any atom is -0.374 e. The zero-order chi connectivity index (χ0) is 17.0. The molecule has 0 spiro atoms. The molecule has 0 aromatic heterocycles. The van der Waals surface area contributed by atoms with E-state index in [2.05, 4.69) is 10.6 Å². The number of halogens is 1. The minimum atomic E-state index is -0.604. The van der Waals surface area contributed by atoms with E-state index in [4.69, 9.17) is 0 Å². The maximum Gasteiger partial charge on any atom is 0.269 e. The van der Waals surface area contributed by atoms with Crippen molar-refractivity contribution >= 4 is 23.0 Å². The molecule has 2 N–H and O–H groups in total. The lowest BCUT2D eigenvalue weighted by atomic mass is 10.2. The second-order valence-corrected chi connectivity index (χ2v) is 5.12. The van der Waals surface area contributed by atoms with Gasteiger partial charge in [0, 0.05) is 23.5 Å². The number of carbonyl (C=O) groups is 1. The van der Waals surface area contributed by atoms with Crippen molar-refractivity contribution in [2.24, 2.45) is 0 Å². The van der Waals surface area contributed by atoms with Gasteiger partial charge in [-0.3, -0.25) is 14.9 Å². The van der Waals surface area contributed by atoms with Gasteiger partial charge >= 0.3 is 0 Å². The van der Waals surface area contributed by atoms with Crippen LogP contribution in [0.5, 0.6) is 0 Å². The van der Waals surface area contributed by atoms with E-state index in [0.717, 1.165) is 0 Å². The van der Waals surface area contributed by atoms with Gasteiger partial charge in [-0.05, 0) is 43.7 Å². The molecular formula is C16H16FN3O3. The summed E-state index contributed by atoms with van der Waals surface area (Å²) in [5, 5.41) is 16.1. The summed E-state index contributed by atoms with van der Waals surface area (Å²) in [6.07, 6.45) is 0. The van der Waals surface area contributed by atoms with E-state index >= 15 is 0 Å². The minimum absolute atomic E-state index is 0.0516. The van der Waals surface area contributed by atoms with Crippen LogP contribution in [0.4, 0.5) is 21.5 Å². The van der Waals surface area contributed by atoms with Crippen molar-refractivity contribution in [3.05, 3.63) is 64.0 Å². The number of hydrogen-bond donors (Lipinski definition) is 2. The van der Waals surface area contributed by atoms with Gasteiger partial charge in [-0.2, -0.15) is 0 Å². The van der Waals surface area contributed by atoms with Crippen LogP contribution in [-0.2, 0) is 4.79 Å². The fraction of sp³-hybridized carbons (Fsp3) is 0.188. The first kappa shape index (κ1) is 16.4. The van der Waals surface area contributed by atoms with Gasteiger partial charge in [0.25, 0.3) is 5.69 Å². The van der Waals surface area contributed by atoms with Gasteiger partial charge in [0.2, 0.25) is 5.91 Å². The highest BCUT2D eigenvalue weighted by molar-refractivity contribution is 5.96. The molecule has 2 aromatic carbocycles. The predicted molar refractivity (Wildman–Crippen MR) is 85.9 cm³/mol. The molecule has 0 aliphatic heterocycles. The Morgan fingerprint density at radius 3 is 2.35 bits per heavy atom. The van der Waals surface area contributed by atoms with Crippen LogP contribution in [0.3, 0.4) is 0 Å². The monoisotopic (exact) mass is 317 g/mol. The number of carbonyl (C=O) groups excluding carboxylic acids is 1. The van der Waals surface area contributed by atoms with Crippen molar-refractivity contribution in [3.8, 4) is 0 Å². The van der Waals surface area contributed by atoms with Crippen LogP contribution in [0.15, 0.2) is 42.5 Å². The van der Waals surface area contributed by atoms with Crippen LogP contribution in [-0.4, -0.2) is 16.9 Å². The van der Waals surface area contributed by atoms with Crippen LogP contribution in [0.2, 0.25) is 0 Å². The Labute approximate surface area is 132 Å². The molecule has 0 fully saturated rings. The molecule has 0 heterocycles. The Balaban J connectivity index is 1.99. The number of aryl methyl sites for hydroxylation is 1. The van der Waals surface area contributed by atoms with Crippen LogP contribution < -0.4 is 10.6 Å². The molecule has 0 aliphatic rings. The molecule has 1 amide bonds. The molecule has 0 saturated carbocycles. The molecule has 120 valence electrons. The first-order chi connectivity index (χ1) is 10.9. The second-order valence-electron chi connectivity index (χ2n) is 5.12. The van der Waals surface area contributed by atoms with Gasteiger partial charge in [-0.1, -0.05) is 6.07 Å². The van der Waals surface area contributed by atoms with Crippen molar-refractivity contribution in [3.63, 3.8) is 0 Å². The number of benzene rings is 2. The Hall–Kier alpha value is -2.96. The summed E-state index contributed by atoms with van der Waals surface area (Å²) >= 11 is 0. The number of nitro groups is 1. The third-order valence-corrected chi connectivity index (χ3v) is 3.29. The van der Waals surface area contributed by atoms with E-state index in [1.165, 1.54) is 30.3 Å². The van der Waals surface area contributed by atoms with E-state index in [1.54, 1.807) is 26.0 Å². The zero-order valence-electron chi connectivity index (χ0n) is 12.7. The number of nitrogens with zero attached hydrogens (tertiary/aromatic N) is 1. The van der Waals surface area contributed by atoms with Crippen molar-refractivity contribution in [2.75, 3.05) is 10.6 Å². The average Bonchev–Trinajstić information content (AvgIpc) is 2.51. The van der Waals surface area contributed by atoms with Gasteiger partial charge in [-0.25, -0.2) is 4.39 Å². The highest BCUT2D eigenvalue weighted by atomic mass is 19.1. The highest BCUT2D eigenvalue weighted by Gasteiger charge is 2.14. The van der Waals surface area contributed by atoms with Gasteiger partial charge in [-0.15, -0.1) is 0 Å². The Kier molecular flexibility index (Phi) is 4.90. The fourth-order valence-corrected chi connectivity index (χ4v) is 1.92. The molecule has 0 bridgehead atoms. The summed E-state index contributed by atoms with van der Waals surface area (Å²) in [5.41, 5.74) is 1.42. The number of rotatable bonds is 5. The molecule has 6 nitrogen and oxygen atoms in total. The van der Waals surface area contributed by atoms with Crippen molar-refractivity contribution in [2.45, 2.75) is 19.9 Å². The molecule has 7 heteroatoms. The van der Waals surface area contributed by atoms with Crippen LogP contribution in [0, 0.1) is 22.9 Å². The second kappa shape index (κ2) is 6.87. The highest BCUT2D eigenvalue weighted by Crippen LogP contribution is 2.17. The third kappa shape index (κ3) is 4.26. The molecule has 1 unspecified atom stereocenters. The predicted octanol–water partition coefficient (Wildman–Crippen LogP) is 3.48. The molecule has 23 heavy (non-hydrogen) atoms. The Morgan fingerprint density at radius 1 is 1.17 bits per heavy atom. The van der Waals surface area contributed by atoms with E-state index in [1.807, 2.05) is 0 Å². The van der Waals surface area contributed by atoms with E-state index in [9.17, 15) is 19.3 Å². The maximum absolute atomic E-state index is 13.5. The number of nitrogens with one attached hydrogen (secondary N) is 2. The molecule has 2 aromatic rings. The number of amides is 1. The zero-order valence-corrected chi connectivity index (χ0v) is 12.7. The van der Waals surface area contributed by atoms with Crippen LogP contribution >= 0.6 is 0 Å². The van der Waals surface area contributed by atoms with E-state index in [-0.39, 0.29) is 17.4 Å². The summed E-state index contributed by atoms with van der Waals surface area (Å²) in [7, 11) is 0. The normalized spacial score (nSPS) is 11.6. The number of non-ortho nitro benzene ring substituents is 1. The maximum atomic E-state index is 13.5. The largest absolute Gasteiger partial charge is 0.374 e. The molecule has 2 rings (SSSR count). The Bertz CT molecular complexity index is 732. The summed E-state index contributed by atoms with van der Waals surface area (Å²) in [5.74, 6) is -0.683. The quantitative estimate of drug-likeness (QED) is 0.653. The van der Waals surface area contributed by atoms with E-state index < -0.39 is 11.0 Å². The van der Waals surface area contributed by atoms with Gasteiger partial charge in [0.15, 0.2) is 0 Å². The summed E-state index contributed by atoms with van der Waals surface area (Å²) in [6, 6.07) is 9.55. The summed E-state index contributed by atoms with van der Waals surface area (Å²) in [6.45, 7) is 3.29. The first-order valence-corrected chi connectivity index (χ1v) is 6.95. The van der Waals surface area contributed by atoms with Crippen LogP contribution in [0.1, 0.15) is 12.5 Å². The summed E-state index contributed by atoms with van der Waals surface area (Å²) < 4.78 is 13.5. The Morgan fingerprint density at radius 2 is 1.78 bits per heavy atom. The lowest BCUT2D eigenvalue weighted by Gasteiger charge is -2.15. The molecule has 0 aliphatic carbocycles. The SMILES string of the molecule is Cc1ccc(NC(C)C(=O)Nc2ccc([N+](=O)[O-])cc2)cc1F. The molecule has 0 saturated heterocycles. The number of hydrogen-bond acceptors (Lipinski definition) is 4. The topological polar surface area (TPSA) is 84.3 Å². The fourth-order valence-electron chi connectivity index (χ4n) is 1.92. The van der Waals surface area contributed by atoms with Gasteiger partial charge in [0.05, 0.1) is 4.92 Å². The lowest BCUT2D eigenvalue weighted by Crippen LogP contribution is -2.31. The van der Waals surface area contributed by atoms with Crippen LogP contribution in [0.25, 0.3) is 0 Å². The number of anilines is 2. The average molecular weight is 317 g/mol. The van der Waals surface area contributed by atoms with Crippen molar-refractivity contribution in [1.29, 1.82) is 0 Å². The molecular weight excluding hydrogens is 301 g/mol. The van der Waals surface area contributed by atoms with E-state index in [0.29, 0.717) is 16.9 Å². The summed E-state index contributed by atoms with van der Waals surface area (Å²) in [4.78, 5) is 22.1. The molecule has 1 atom stereocenters. The smallest absolute Gasteiger partial charge is 0.269 e. The van der Waals surface area contributed by atoms with Crippen molar-refractivity contribution < 1.29 is 14.1 Å².